The van der Waals surface area contributed by atoms with Crippen LogP contribution in [-0.2, 0) is 21.5 Å². The van der Waals surface area contributed by atoms with Crippen LogP contribution in [0.3, 0.4) is 0 Å². The van der Waals surface area contributed by atoms with E-state index in [1.165, 1.54) is 12.7 Å². The summed E-state index contributed by atoms with van der Waals surface area (Å²) in [5.41, 5.74) is 6.09. The number of methoxy groups -OCH3 is 1. The molecule has 4 nitrogen and oxygen atoms in total. The van der Waals surface area contributed by atoms with E-state index in [-0.39, 0.29) is 12.0 Å². The summed E-state index contributed by atoms with van der Waals surface area (Å²) >= 11 is 0. The maximum Gasteiger partial charge on any atom is 0.332 e. The quantitative estimate of drug-likeness (QED) is 0.864. The van der Waals surface area contributed by atoms with Crippen molar-refractivity contribution in [2.24, 2.45) is 0 Å². The summed E-state index contributed by atoms with van der Waals surface area (Å²) in [6.45, 7) is 0. The maximum atomic E-state index is 12.6. The van der Waals surface area contributed by atoms with E-state index in [0.717, 1.165) is 17.7 Å². The SMILES string of the molecule is COC(=O)[C@@]1(c2ccccc2)C[C@H]2Cc3ccccc3N2N1. The number of esters is 1. The van der Waals surface area contributed by atoms with Gasteiger partial charge in [-0.25, -0.2) is 10.2 Å². The molecule has 22 heavy (non-hydrogen) atoms. The lowest BCUT2D eigenvalue weighted by atomic mass is 9.85. The Kier molecular flexibility index (Phi) is 2.94. The van der Waals surface area contributed by atoms with Gasteiger partial charge in [-0.3, -0.25) is 0 Å². The molecule has 4 rings (SSSR count). The number of hydrazine groups is 1. The van der Waals surface area contributed by atoms with E-state index in [2.05, 4.69) is 28.6 Å². The number of rotatable bonds is 2. The number of carbonyl (C=O) groups is 1. The van der Waals surface area contributed by atoms with Gasteiger partial charge in [0.2, 0.25) is 0 Å². The zero-order chi connectivity index (χ0) is 15.2. The van der Waals surface area contributed by atoms with Crippen molar-refractivity contribution in [3.8, 4) is 0 Å². The summed E-state index contributed by atoms with van der Waals surface area (Å²) in [5, 5.41) is 2.14. The number of anilines is 1. The molecule has 2 heterocycles. The fourth-order valence-electron chi connectivity index (χ4n) is 3.71. The van der Waals surface area contributed by atoms with Crippen molar-refractivity contribution in [2.75, 3.05) is 12.1 Å². The topological polar surface area (TPSA) is 41.6 Å². The minimum absolute atomic E-state index is 0.231. The Hall–Kier alpha value is -2.33. The van der Waals surface area contributed by atoms with Crippen molar-refractivity contribution >= 4 is 11.7 Å². The summed E-state index contributed by atoms with van der Waals surface area (Å²) in [5.74, 6) is -0.231. The molecule has 2 aliphatic heterocycles. The molecule has 0 aromatic heterocycles. The second-order valence-electron chi connectivity index (χ2n) is 5.94. The predicted octanol–water partition coefficient (Wildman–Crippen LogP) is 2.39. The third kappa shape index (κ3) is 1.77. The standard InChI is InChI=1S/C18H18N2O2/c1-22-17(21)18(14-8-3-2-4-9-14)12-15-11-13-7-5-6-10-16(13)20(15)19-18/h2-10,15,19H,11-12H2,1H3/t15-,18+/m1/s1. The lowest BCUT2D eigenvalue weighted by Gasteiger charge is -2.29. The summed E-state index contributed by atoms with van der Waals surface area (Å²) in [6.07, 6.45) is 1.66. The van der Waals surface area contributed by atoms with Gasteiger partial charge in [-0.2, -0.15) is 0 Å². The number of ether oxygens (including phenoxy) is 1. The summed E-state index contributed by atoms with van der Waals surface area (Å²) < 4.78 is 5.12. The fraction of sp³-hybridized carbons (Fsp3) is 0.278. The van der Waals surface area contributed by atoms with E-state index in [1.807, 2.05) is 36.4 Å². The van der Waals surface area contributed by atoms with Crippen molar-refractivity contribution in [1.82, 2.24) is 5.43 Å². The highest BCUT2D eigenvalue weighted by Crippen LogP contribution is 2.43. The van der Waals surface area contributed by atoms with E-state index in [0.29, 0.717) is 6.42 Å². The van der Waals surface area contributed by atoms with Gasteiger partial charge in [0, 0.05) is 6.42 Å². The number of nitrogens with zero attached hydrogens (tertiary/aromatic N) is 1. The van der Waals surface area contributed by atoms with Crippen LogP contribution >= 0.6 is 0 Å². The Labute approximate surface area is 129 Å². The molecule has 112 valence electrons. The lowest BCUT2D eigenvalue weighted by Crippen LogP contribution is -2.50. The molecule has 0 saturated carbocycles. The Morgan fingerprint density at radius 2 is 1.91 bits per heavy atom. The number of hydrogen-bond acceptors (Lipinski definition) is 4. The largest absolute Gasteiger partial charge is 0.467 e. The van der Waals surface area contributed by atoms with Crippen molar-refractivity contribution in [2.45, 2.75) is 24.4 Å². The maximum absolute atomic E-state index is 12.6. The normalized spacial score (nSPS) is 25.7. The van der Waals surface area contributed by atoms with Crippen LogP contribution in [0.4, 0.5) is 5.69 Å². The first kappa shape index (κ1) is 13.3. The minimum atomic E-state index is -0.797. The molecule has 0 amide bonds. The van der Waals surface area contributed by atoms with Gasteiger partial charge in [0.15, 0.2) is 5.54 Å². The van der Waals surface area contributed by atoms with Crippen LogP contribution in [0.15, 0.2) is 54.6 Å². The molecule has 2 atom stereocenters. The van der Waals surface area contributed by atoms with Gasteiger partial charge in [0.1, 0.15) is 0 Å². The molecule has 2 aliphatic rings. The molecule has 1 fully saturated rings. The van der Waals surface area contributed by atoms with Crippen molar-refractivity contribution < 1.29 is 9.53 Å². The molecule has 1 saturated heterocycles. The van der Waals surface area contributed by atoms with Crippen molar-refractivity contribution in [3.05, 3.63) is 65.7 Å². The molecular weight excluding hydrogens is 276 g/mol. The van der Waals surface area contributed by atoms with Crippen molar-refractivity contribution in [1.29, 1.82) is 0 Å². The number of hydrogen-bond donors (Lipinski definition) is 1. The van der Waals surface area contributed by atoms with Crippen LogP contribution in [0.5, 0.6) is 0 Å². The summed E-state index contributed by atoms with van der Waals surface area (Å²) in [6, 6.07) is 18.5. The zero-order valence-electron chi connectivity index (χ0n) is 12.5. The van der Waals surface area contributed by atoms with Crippen LogP contribution in [0.1, 0.15) is 17.5 Å². The number of benzene rings is 2. The van der Waals surface area contributed by atoms with E-state index in [4.69, 9.17) is 4.74 Å². The van der Waals surface area contributed by atoms with Crippen molar-refractivity contribution in [3.63, 3.8) is 0 Å². The van der Waals surface area contributed by atoms with Crippen LogP contribution in [0, 0.1) is 0 Å². The van der Waals surface area contributed by atoms with E-state index in [1.54, 1.807) is 0 Å². The van der Waals surface area contributed by atoms with E-state index < -0.39 is 5.54 Å². The van der Waals surface area contributed by atoms with Gasteiger partial charge in [0.25, 0.3) is 0 Å². The smallest absolute Gasteiger partial charge is 0.332 e. The Balaban J connectivity index is 1.77. The minimum Gasteiger partial charge on any atom is -0.467 e. The zero-order valence-corrected chi connectivity index (χ0v) is 12.5. The average molecular weight is 294 g/mol. The first-order valence-corrected chi connectivity index (χ1v) is 7.53. The number of fused-ring (bicyclic) bond motifs is 3. The van der Waals surface area contributed by atoms with E-state index in [9.17, 15) is 4.79 Å². The lowest BCUT2D eigenvalue weighted by molar-refractivity contribution is -0.148. The molecule has 4 heteroatoms. The Bertz CT molecular complexity index is 716. The third-order valence-corrected chi connectivity index (χ3v) is 4.73. The number of nitrogens with one attached hydrogen (secondary N) is 1. The van der Waals surface area contributed by atoms with Gasteiger partial charge in [-0.15, -0.1) is 0 Å². The molecule has 0 unspecified atom stereocenters. The fourth-order valence-corrected chi connectivity index (χ4v) is 3.71. The Morgan fingerprint density at radius 1 is 1.18 bits per heavy atom. The molecule has 0 radical (unpaired) electrons. The first-order chi connectivity index (χ1) is 10.7. The highest BCUT2D eigenvalue weighted by Gasteiger charge is 2.53. The molecule has 0 spiro atoms. The summed E-state index contributed by atoms with van der Waals surface area (Å²) in [4.78, 5) is 12.6. The van der Waals surface area contributed by atoms with Crippen LogP contribution in [0.25, 0.3) is 0 Å². The van der Waals surface area contributed by atoms with E-state index >= 15 is 0 Å². The molecule has 2 aromatic rings. The number of para-hydroxylation sites is 1. The van der Waals surface area contributed by atoms with Gasteiger partial charge >= 0.3 is 5.97 Å². The molecule has 1 N–H and O–H groups in total. The highest BCUT2D eigenvalue weighted by atomic mass is 16.5. The second-order valence-corrected chi connectivity index (χ2v) is 5.94. The Morgan fingerprint density at radius 3 is 2.68 bits per heavy atom. The van der Waals surface area contributed by atoms with Gasteiger partial charge in [-0.1, -0.05) is 48.5 Å². The number of carbonyl (C=O) groups excluding carboxylic acids is 1. The van der Waals surface area contributed by atoms with Gasteiger partial charge in [0.05, 0.1) is 18.8 Å². The highest BCUT2D eigenvalue weighted by molar-refractivity contribution is 5.84. The summed E-state index contributed by atoms with van der Waals surface area (Å²) in [7, 11) is 1.45. The second kappa shape index (κ2) is 4.85. The first-order valence-electron chi connectivity index (χ1n) is 7.53. The molecular formula is C18H18N2O2. The predicted molar refractivity (Wildman–Crippen MR) is 84.3 cm³/mol. The molecule has 2 aromatic carbocycles. The van der Waals surface area contributed by atoms with Gasteiger partial charge < -0.3 is 9.75 Å². The van der Waals surface area contributed by atoms with Crippen LogP contribution in [0.2, 0.25) is 0 Å². The third-order valence-electron chi connectivity index (χ3n) is 4.73. The van der Waals surface area contributed by atoms with Crippen LogP contribution in [-0.4, -0.2) is 19.1 Å². The van der Waals surface area contributed by atoms with Gasteiger partial charge in [-0.05, 0) is 23.6 Å². The average Bonchev–Trinajstić information content (AvgIpc) is 3.10. The molecule has 0 aliphatic carbocycles. The van der Waals surface area contributed by atoms with Crippen LogP contribution < -0.4 is 10.4 Å². The molecule has 0 bridgehead atoms. The monoisotopic (exact) mass is 294 g/mol.